The van der Waals surface area contributed by atoms with E-state index in [1.54, 1.807) is 0 Å². The van der Waals surface area contributed by atoms with Crippen LogP contribution in [0.4, 0.5) is 11.4 Å². The molecule has 0 aromatic heterocycles. The minimum Gasteiger partial charge on any atom is -0.325 e. The van der Waals surface area contributed by atoms with Crippen LogP contribution >= 0.6 is 11.8 Å². The number of nitrogens with one attached hydrogen (secondary N) is 1. The highest BCUT2D eigenvalue weighted by atomic mass is 32.2. The number of hydrogen-bond acceptors (Lipinski definition) is 6. The van der Waals surface area contributed by atoms with E-state index < -0.39 is 9.84 Å². The molecule has 0 radical (unpaired) electrons. The van der Waals surface area contributed by atoms with Gasteiger partial charge < -0.3 is 10.2 Å². The Morgan fingerprint density at radius 1 is 1.17 bits per heavy atom. The number of aryl methyl sites for hydroxylation is 2. The summed E-state index contributed by atoms with van der Waals surface area (Å²) in [5.41, 5.74) is 3.97. The number of carbonyl (C=O) groups is 1. The van der Waals surface area contributed by atoms with E-state index in [1.165, 1.54) is 11.8 Å². The average molecular weight is 444 g/mol. The number of carbonyl (C=O) groups excluding carboxylic acids is 1. The van der Waals surface area contributed by atoms with Gasteiger partial charge in [0, 0.05) is 11.4 Å². The van der Waals surface area contributed by atoms with Crippen molar-refractivity contribution in [2.24, 2.45) is 4.99 Å². The van der Waals surface area contributed by atoms with E-state index in [-0.39, 0.29) is 35.2 Å². The second-order valence-corrected chi connectivity index (χ2v) is 10.8. The third-order valence-electron chi connectivity index (χ3n) is 5.42. The monoisotopic (exact) mass is 443 g/mol. The minimum atomic E-state index is -3.09. The molecular formula is C22H25N3O3S2. The second kappa shape index (κ2) is 8.43. The Morgan fingerprint density at radius 3 is 2.63 bits per heavy atom. The Balaban J connectivity index is 1.50. The van der Waals surface area contributed by atoms with Crippen LogP contribution in [0.15, 0.2) is 53.5 Å². The third-order valence-corrected chi connectivity index (χ3v) is 8.09. The van der Waals surface area contributed by atoms with Crippen LogP contribution in [0.5, 0.6) is 0 Å². The zero-order chi connectivity index (χ0) is 21.3. The molecule has 2 unspecified atom stereocenters. The number of hydrogen-bond donors (Lipinski definition) is 1. The number of anilines is 2. The summed E-state index contributed by atoms with van der Waals surface area (Å²) in [5.74, 6) is 0.276. The van der Waals surface area contributed by atoms with Crippen LogP contribution in [-0.4, -0.2) is 48.8 Å². The summed E-state index contributed by atoms with van der Waals surface area (Å²) in [6, 6.07) is 15.3. The van der Waals surface area contributed by atoms with Gasteiger partial charge in [-0.3, -0.25) is 9.79 Å². The number of aliphatic imine (C=N–C) groups is 1. The van der Waals surface area contributed by atoms with Gasteiger partial charge in [0.05, 0.1) is 29.3 Å². The molecule has 1 fully saturated rings. The molecule has 8 heteroatoms. The van der Waals surface area contributed by atoms with Crippen molar-refractivity contribution >= 4 is 44.0 Å². The molecule has 2 atom stereocenters. The fourth-order valence-electron chi connectivity index (χ4n) is 3.91. The fraction of sp³-hybridized carbons (Fsp3) is 0.364. The summed E-state index contributed by atoms with van der Waals surface area (Å²) >= 11 is 1.36. The number of nitrogens with zero attached hydrogens (tertiary/aromatic N) is 2. The topological polar surface area (TPSA) is 78.8 Å². The van der Waals surface area contributed by atoms with Gasteiger partial charge in [-0.2, -0.15) is 0 Å². The SMILES string of the molecule is CCc1ccccc1NC(=O)CSC1=NC2CS(=O)(=O)CC2N1c1ccc(C)cc1. The van der Waals surface area contributed by atoms with Gasteiger partial charge in [0.15, 0.2) is 15.0 Å². The number of sulfone groups is 1. The van der Waals surface area contributed by atoms with Crippen molar-refractivity contribution in [3.05, 3.63) is 59.7 Å². The van der Waals surface area contributed by atoms with Gasteiger partial charge in [0.25, 0.3) is 0 Å². The molecular weight excluding hydrogens is 418 g/mol. The molecule has 4 rings (SSSR count). The number of benzene rings is 2. The summed E-state index contributed by atoms with van der Waals surface area (Å²) < 4.78 is 24.3. The van der Waals surface area contributed by atoms with E-state index >= 15 is 0 Å². The van der Waals surface area contributed by atoms with Gasteiger partial charge in [0.1, 0.15) is 0 Å². The van der Waals surface area contributed by atoms with Crippen molar-refractivity contribution in [1.29, 1.82) is 0 Å². The Kier molecular flexibility index (Phi) is 5.88. The van der Waals surface area contributed by atoms with Crippen LogP contribution < -0.4 is 10.2 Å². The molecule has 0 aliphatic carbocycles. The van der Waals surface area contributed by atoms with Crippen LogP contribution in [-0.2, 0) is 21.1 Å². The van der Waals surface area contributed by atoms with E-state index in [0.29, 0.717) is 5.17 Å². The van der Waals surface area contributed by atoms with E-state index in [9.17, 15) is 13.2 Å². The summed E-state index contributed by atoms with van der Waals surface area (Å²) in [6.45, 7) is 4.07. The van der Waals surface area contributed by atoms with Gasteiger partial charge in [-0.1, -0.05) is 54.6 Å². The first-order valence-corrected chi connectivity index (χ1v) is 12.8. The zero-order valence-corrected chi connectivity index (χ0v) is 18.7. The van der Waals surface area contributed by atoms with Crippen molar-refractivity contribution < 1.29 is 13.2 Å². The molecule has 2 aliphatic heterocycles. The van der Waals surface area contributed by atoms with Gasteiger partial charge in [-0.05, 0) is 37.1 Å². The molecule has 6 nitrogen and oxygen atoms in total. The molecule has 158 valence electrons. The molecule has 1 N–H and O–H groups in total. The van der Waals surface area contributed by atoms with Crippen molar-refractivity contribution in [1.82, 2.24) is 0 Å². The summed E-state index contributed by atoms with van der Waals surface area (Å²) in [6.07, 6.45) is 0.843. The van der Waals surface area contributed by atoms with Gasteiger partial charge in [0.2, 0.25) is 5.91 Å². The Bertz CT molecular complexity index is 1080. The second-order valence-electron chi connectivity index (χ2n) is 7.68. The number of amidine groups is 1. The number of rotatable bonds is 5. The molecule has 2 aromatic rings. The molecule has 0 spiro atoms. The van der Waals surface area contributed by atoms with E-state index in [0.717, 1.165) is 28.9 Å². The molecule has 30 heavy (non-hydrogen) atoms. The Morgan fingerprint density at radius 2 is 1.90 bits per heavy atom. The lowest BCUT2D eigenvalue weighted by Crippen LogP contribution is -2.39. The summed E-state index contributed by atoms with van der Waals surface area (Å²) in [7, 11) is -3.09. The van der Waals surface area contributed by atoms with Crippen molar-refractivity contribution in [3.63, 3.8) is 0 Å². The standard InChI is InChI=1S/C22H25N3O3S2/c1-3-16-6-4-5-7-18(16)23-21(26)12-29-22-24-19-13-30(27,28)14-20(19)25(22)17-10-8-15(2)9-11-17/h4-11,19-20H,3,12-14H2,1-2H3,(H,23,26). The Hall–Kier alpha value is -2.32. The lowest BCUT2D eigenvalue weighted by atomic mass is 10.1. The van der Waals surface area contributed by atoms with Crippen molar-refractivity contribution in [2.75, 3.05) is 27.5 Å². The molecule has 1 amide bonds. The normalized spacial score (nSPS) is 21.9. The summed E-state index contributed by atoms with van der Waals surface area (Å²) in [5, 5.41) is 3.69. The predicted molar refractivity (Wildman–Crippen MR) is 124 cm³/mol. The quantitative estimate of drug-likeness (QED) is 0.767. The molecule has 2 heterocycles. The lowest BCUT2D eigenvalue weighted by Gasteiger charge is -2.26. The minimum absolute atomic E-state index is 0.0696. The largest absolute Gasteiger partial charge is 0.325 e. The van der Waals surface area contributed by atoms with Crippen LogP contribution in [0.25, 0.3) is 0 Å². The van der Waals surface area contributed by atoms with Crippen LogP contribution in [0.1, 0.15) is 18.1 Å². The molecule has 0 bridgehead atoms. The van der Waals surface area contributed by atoms with E-state index in [4.69, 9.17) is 0 Å². The molecule has 2 aliphatic rings. The first kappa shape index (κ1) is 20.9. The lowest BCUT2D eigenvalue weighted by molar-refractivity contribution is -0.113. The van der Waals surface area contributed by atoms with Crippen LogP contribution in [0, 0.1) is 6.92 Å². The molecule has 1 saturated heterocycles. The van der Waals surface area contributed by atoms with Crippen LogP contribution in [0.3, 0.4) is 0 Å². The maximum Gasteiger partial charge on any atom is 0.234 e. The van der Waals surface area contributed by atoms with Crippen molar-refractivity contribution in [2.45, 2.75) is 32.4 Å². The first-order valence-electron chi connectivity index (χ1n) is 10.0. The molecule has 2 aromatic carbocycles. The average Bonchev–Trinajstić information content (AvgIpc) is 3.18. The zero-order valence-electron chi connectivity index (χ0n) is 17.0. The number of amides is 1. The molecule has 0 saturated carbocycles. The maximum absolute atomic E-state index is 12.6. The number of para-hydroxylation sites is 1. The number of thioether (sulfide) groups is 1. The highest BCUT2D eigenvalue weighted by Gasteiger charge is 2.47. The highest BCUT2D eigenvalue weighted by molar-refractivity contribution is 8.14. The first-order chi connectivity index (χ1) is 14.4. The van der Waals surface area contributed by atoms with Gasteiger partial charge in [-0.15, -0.1) is 0 Å². The fourth-order valence-corrected chi connectivity index (χ4v) is 6.67. The van der Waals surface area contributed by atoms with Gasteiger partial charge in [-0.25, -0.2) is 8.42 Å². The Labute approximate surface area is 181 Å². The van der Waals surface area contributed by atoms with E-state index in [1.807, 2.05) is 60.4 Å². The summed E-state index contributed by atoms with van der Waals surface area (Å²) in [4.78, 5) is 19.3. The van der Waals surface area contributed by atoms with Crippen molar-refractivity contribution in [3.8, 4) is 0 Å². The third kappa shape index (κ3) is 4.39. The maximum atomic E-state index is 12.6. The van der Waals surface area contributed by atoms with E-state index in [2.05, 4.69) is 17.2 Å². The smallest absolute Gasteiger partial charge is 0.234 e. The number of fused-ring (bicyclic) bond motifs is 1. The predicted octanol–water partition coefficient (Wildman–Crippen LogP) is 3.27. The van der Waals surface area contributed by atoms with Gasteiger partial charge >= 0.3 is 0 Å². The van der Waals surface area contributed by atoms with Crippen LogP contribution in [0.2, 0.25) is 0 Å². The highest BCUT2D eigenvalue weighted by Crippen LogP contribution is 2.35.